The smallest absolute Gasteiger partial charge is 0.211 e. The Balaban J connectivity index is 1.69. The summed E-state index contributed by atoms with van der Waals surface area (Å²) in [5.74, 6) is 0. The first-order valence-corrected chi connectivity index (χ1v) is 8.85. The molecule has 1 spiro atoms. The lowest BCUT2D eigenvalue weighted by Crippen LogP contribution is -2.46. The lowest BCUT2D eigenvalue weighted by atomic mass is 10.0. The summed E-state index contributed by atoms with van der Waals surface area (Å²) in [5.41, 5.74) is -0.537. The highest BCUT2D eigenvalue weighted by atomic mass is 32.2. The van der Waals surface area contributed by atoms with Gasteiger partial charge in [0.05, 0.1) is 32.1 Å². The maximum absolute atomic E-state index is 11.8. The van der Waals surface area contributed by atoms with Gasteiger partial charge in [-0.2, -0.15) is 9.40 Å². The molecule has 0 bridgehead atoms. The molecule has 2 saturated heterocycles. The van der Waals surface area contributed by atoms with Crippen LogP contribution >= 0.6 is 0 Å². The summed E-state index contributed by atoms with van der Waals surface area (Å²) in [5, 5.41) is 4.07. The maximum Gasteiger partial charge on any atom is 0.211 e. The molecule has 2 aliphatic heterocycles. The largest absolute Gasteiger partial charge is 0.377 e. The van der Waals surface area contributed by atoms with Gasteiger partial charge in [-0.1, -0.05) is 0 Å². The Labute approximate surface area is 124 Å². The van der Waals surface area contributed by atoms with Crippen molar-refractivity contribution in [2.75, 3.05) is 32.6 Å². The lowest BCUT2D eigenvalue weighted by Gasteiger charge is -2.30. The van der Waals surface area contributed by atoms with Gasteiger partial charge in [0.1, 0.15) is 18.3 Å². The third kappa shape index (κ3) is 3.42. The summed E-state index contributed by atoms with van der Waals surface area (Å²) < 4.78 is 38.5. The van der Waals surface area contributed by atoms with Crippen molar-refractivity contribution in [2.45, 2.75) is 31.1 Å². The van der Waals surface area contributed by atoms with Gasteiger partial charge < -0.3 is 9.47 Å². The van der Waals surface area contributed by atoms with Crippen molar-refractivity contribution in [2.24, 2.45) is 0 Å². The van der Waals surface area contributed by atoms with Gasteiger partial charge in [0.15, 0.2) is 0 Å². The van der Waals surface area contributed by atoms with E-state index in [2.05, 4.69) is 10.1 Å². The molecule has 1 aromatic heterocycles. The van der Waals surface area contributed by atoms with Gasteiger partial charge in [-0.05, 0) is 12.8 Å². The first kappa shape index (κ1) is 14.9. The molecule has 21 heavy (non-hydrogen) atoms. The normalized spacial score (nSPS) is 31.6. The van der Waals surface area contributed by atoms with Crippen LogP contribution in [0.5, 0.6) is 0 Å². The minimum atomic E-state index is -3.23. The zero-order valence-corrected chi connectivity index (χ0v) is 12.8. The quantitative estimate of drug-likeness (QED) is 0.746. The van der Waals surface area contributed by atoms with E-state index in [0.717, 1.165) is 12.8 Å². The second kappa shape index (κ2) is 5.64. The van der Waals surface area contributed by atoms with E-state index in [4.69, 9.17) is 9.47 Å². The van der Waals surface area contributed by atoms with Crippen LogP contribution in [0.4, 0.5) is 0 Å². The molecule has 9 heteroatoms. The first-order valence-electron chi connectivity index (χ1n) is 7.00. The van der Waals surface area contributed by atoms with Crippen LogP contribution in [0, 0.1) is 0 Å². The Kier molecular flexibility index (Phi) is 4.00. The predicted octanol–water partition coefficient (Wildman–Crippen LogP) is -0.512. The van der Waals surface area contributed by atoms with Crippen molar-refractivity contribution in [3.8, 4) is 0 Å². The fraction of sp³-hybridized carbons (Fsp3) is 0.833. The molecule has 2 aliphatic rings. The fourth-order valence-electron chi connectivity index (χ4n) is 2.94. The molecule has 1 aromatic rings. The number of hydrogen-bond donors (Lipinski definition) is 0. The number of hydrogen-bond acceptors (Lipinski definition) is 6. The number of rotatable bonds is 3. The highest BCUT2D eigenvalue weighted by Gasteiger charge is 2.44. The number of ether oxygens (including phenoxy) is 2. The van der Waals surface area contributed by atoms with Gasteiger partial charge in [-0.25, -0.2) is 13.4 Å². The SMILES string of the molecule is CS(=O)(=O)N1CCOCC2(CCC(Cn3cncn3)O2)C1. The third-order valence-electron chi connectivity index (χ3n) is 3.98. The van der Waals surface area contributed by atoms with Crippen molar-refractivity contribution in [3.63, 3.8) is 0 Å². The summed E-state index contributed by atoms with van der Waals surface area (Å²) in [6, 6.07) is 0. The molecule has 0 aromatic carbocycles. The summed E-state index contributed by atoms with van der Waals surface area (Å²) in [7, 11) is -3.23. The van der Waals surface area contributed by atoms with Gasteiger partial charge in [0.2, 0.25) is 10.0 Å². The van der Waals surface area contributed by atoms with Gasteiger partial charge in [-0.3, -0.25) is 4.68 Å². The average molecular weight is 316 g/mol. The molecule has 2 atom stereocenters. The summed E-state index contributed by atoms with van der Waals surface area (Å²) in [4.78, 5) is 3.91. The molecule has 118 valence electrons. The molecule has 0 aliphatic carbocycles. The number of aromatic nitrogens is 3. The maximum atomic E-state index is 11.8. The van der Waals surface area contributed by atoms with Crippen LogP contribution in [0.2, 0.25) is 0 Å². The Morgan fingerprint density at radius 1 is 1.48 bits per heavy atom. The van der Waals surface area contributed by atoms with Gasteiger partial charge in [0, 0.05) is 13.1 Å². The van der Waals surface area contributed by atoms with E-state index in [1.807, 2.05) is 0 Å². The molecule has 0 amide bonds. The zero-order chi connectivity index (χ0) is 14.9. The molecular formula is C12H20N4O4S. The Morgan fingerprint density at radius 3 is 3.05 bits per heavy atom. The standard InChI is InChI=1S/C12H20N4O4S/c1-21(17,18)16-4-5-19-8-12(7-16)3-2-11(20-12)6-15-10-13-9-14-15/h9-11H,2-8H2,1H3. The molecule has 8 nitrogen and oxygen atoms in total. The van der Waals surface area contributed by atoms with E-state index >= 15 is 0 Å². The monoisotopic (exact) mass is 316 g/mol. The van der Waals surface area contributed by atoms with Crippen molar-refractivity contribution >= 4 is 10.0 Å². The first-order chi connectivity index (χ1) is 9.97. The van der Waals surface area contributed by atoms with Crippen molar-refractivity contribution in [1.29, 1.82) is 0 Å². The highest BCUT2D eigenvalue weighted by molar-refractivity contribution is 7.88. The summed E-state index contributed by atoms with van der Waals surface area (Å²) in [6.45, 7) is 2.22. The van der Waals surface area contributed by atoms with Crippen LogP contribution in [0.25, 0.3) is 0 Å². The van der Waals surface area contributed by atoms with Gasteiger partial charge in [-0.15, -0.1) is 0 Å². The summed E-state index contributed by atoms with van der Waals surface area (Å²) >= 11 is 0. The molecular weight excluding hydrogens is 296 g/mol. The number of nitrogens with zero attached hydrogens (tertiary/aromatic N) is 4. The van der Waals surface area contributed by atoms with Crippen LogP contribution in [0.15, 0.2) is 12.7 Å². The van der Waals surface area contributed by atoms with Crippen molar-refractivity contribution in [1.82, 2.24) is 19.1 Å². The minimum absolute atomic E-state index is 0.00908. The van der Waals surface area contributed by atoms with Crippen LogP contribution < -0.4 is 0 Å². The van der Waals surface area contributed by atoms with Gasteiger partial charge in [0.25, 0.3) is 0 Å². The third-order valence-corrected chi connectivity index (χ3v) is 5.23. The van der Waals surface area contributed by atoms with Gasteiger partial charge >= 0.3 is 0 Å². The van der Waals surface area contributed by atoms with Crippen LogP contribution in [-0.2, 0) is 26.0 Å². The van der Waals surface area contributed by atoms with Crippen molar-refractivity contribution in [3.05, 3.63) is 12.7 Å². The molecule has 2 unspecified atom stereocenters. The van der Waals surface area contributed by atoms with E-state index in [1.165, 1.54) is 16.9 Å². The Hall–Kier alpha value is -1.03. The zero-order valence-electron chi connectivity index (χ0n) is 12.0. The summed E-state index contributed by atoms with van der Waals surface area (Å²) in [6.07, 6.45) is 6.04. The second-order valence-electron chi connectivity index (χ2n) is 5.73. The predicted molar refractivity (Wildman–Crippen MR) is 74.1 cm³/mol. The molecule has 0 radical (unpaired) electrons. The van der Waals surface area contributed by atoms with Crippen LogP contribution in [0.3, 0.4) is 0 Å². The molecule has 3 rings (SSSR count). The van der Waals surface area contributed by atoms with Crippen LogP contribution in [0.1, 0.15) is 12.8 Å². The van der Waals surface area contributed by atoms with E-state index in [-0.39, 0.29) is 6.10 Å². The Morgan fingerprint density at radius 2 is 2.33 bits per heavy atom. The van der Waals surface area contributed by atoms with E-state index in [9.17, 15) is 8.42 Å². The Bertz CT molecular complexity index is 576. The van der Waals surface area contributed by atoms with E-state index in [0.29, 0.717) is 32.8 Å². The molecule has 0 saturated carbocycles. The number of sulfonamides is 1. The van der Waals surface area contributed by atoms with E-state index < -0.39 is 15.6 Å². The van der Waals surface area contributed by atoms with E-state index in [1.54, 1.807) is 11.0 Å². The lowest BCUT2D eigenvalue weighted by molar-refractivity contribution is -0.0860. The molecule has 3 heterocycles. The highest BCUT2D eigenvalue weighted by Crippen LogP contribution is 2.34. The molecule has 2 fully saturated rings. The topological polar surface area (TPSA) is 86.6 Å². The second-order valence-corrected chi connectivity index (χ2v) is 7.71. The average Bonchev–Trinajstić information content (AvgIpc) is 2.98. The fourth-order valence-corrected chi connectivity index (χ4v) is 3.81. The van der Waals surface area contributed by atoms with Crippen LogP contribution in [-0.4, -0.2) is 71.8 Å². The van der Waals surface area contributed by atoms with Crippen molar-refractivity contribution < 1.29 is 17.9 Å². The molecule has 0 N–H and O–H groups in total. The minimum Gasteiger partial charge on any atom is -0.377 e.